The Kier molecular flexibility index (Phi) is 3.99. The Morgan fingerprint density at radius 3 is 2.44 bits per heavy atom. The zero-order valence-corrected chi connectivity index (χ0v) is 9.69. The molecule has 0 spiro atoms. The fourth-order valence-corrected chi connectivity index (χ4v) is 1.39. The summed E-state index contributed by atoms with van der Waals surface area (Å²) in [6.07, 6.45) is 0. The minimum atomic E-state index is -0.378. The van der Waals surface area contributed by atoms with Gasteiger partial charge in [-0.25, -0.2) is 0 Å². The number of methoxy groups -OCH3 is 2. The van der Waals surface area contributed by atoms with Crippen LogP contribution in [-0.4, -0.2) is 33.7 Å². The number of carbonyl (C=O) groups excluding carboxylic acids is 1. The minimum absolute atomic E-state index is 0.162. The summed E-state index contributed by atoms with van der Waals surface area (Å²) in [6, 6.07) is 5.41. The van der Waals surface area contributed by atoms with Crippen molar-refractivity contribution in [1.82, 2.24) is 0 Å². The highest BCUT2D eigenvalue weighted by atomic mass is 16.5. The van der Waals surface area contributed by atoms with Gasteiger partial charge < -0.3 is 20.1 Å². The van der Waals surface area contributed by atoms with Crippen LogP contribution in [0.4, 0.5) is 5.69 Å². The first-order valence-electron chi connectivity index (χ1n) is 4.80. The van der Waals surface area contributed by atoms with Crippen molar-refractivity contribution in [2.75, 3.05) is 32.7 Å². The maximum Gasteiger partial charge on any atom is 0.236 e. The summed E-state index contributed by atoms with van der Waals surface area (Å²) in [5.74, 6) is 0.896. The first-order valence-corrected chi connectivity index (χ1v) is 4.80. The number of anilines is 1. The van der Waals surface area contributed by atoms with Gasteiger partial charge in [-0.05, 0) is 12.1 Å². The zero-order chi connectivity index (χ0) is 12.1. The highest BCUT2D eigenvalue weighted by Crippen LogP contribution is 2.30. The van der Waals surface area contributed by atoms with Gasteiger partial charge in [-0.15, -0.1) is 0 Å². The molecule has 0 radical (unpaired) electrons. The Labute approximate surface area is 94.7 Å². The van der Waals surface area contributed by atoms with Gasteiger partial charge in [-0.1, -0.05) is 0 Å². The number of likely N-dealkylation sites (N-methyl/N-ethyl adjacent to an activating group) is 1. The van der Waals surface area contributed by atoms with E-state index in [1.54, 1.807) is 38.3 Å². The van der Waals surface area contributed by atoms with E-state index in [0.29, 0.717) is 11.5 Å². The molecular formula is C11H16N2O3. The van der Waals surface area contributed by atoms with Gasteiger partial charge in [0.1, 0.15) is 0 Å². The highest BCUT2D eigenvalue weighted by molar-refractivity contribution is 5.79. The Balaban J connectivity index is 2.93. The van der Waals surface area contributed by atoms with Gasteiger partial charge in [0.25, 0.3) is 0 Å². The van der Waals surface area contributed by atoms with Crippen LogP contribution >= 0.6 is 0 Å². The van der Waals surface area contributed by atoms with E-state index in [4.69, 9.17) is 15.2 Å². The summed E-state index contributed by atoms with van der Waals surface area (Å²) in [5.41, 5.74) is 5.96. The number of ether oxygens (including phenoxy) is 2. The van der Waals surface area contributed by atoms with E-state index in [-0.39, 0.29) is 12.5 Å². The van der Waals surface area contributed by atoms with Crippen molar-refractivity contribution < 1.29 is 14.3 Å². The summed E-state index contributed by atoms with van der Waals surface area (Å²) in [7, 11) is 4.92. The van der Waals surface area contributed by atoms with Gasteiger partial charge >= 0.3 is 0 Å². The van der Waals surface area contributed by atoms with E-state index in [1.807, 2.05) is 6.07 Å². The van der Waals surface area contributed by atoms with Gasteiger partial charge in [0, 0.05) is 18.8 Å². The molecule has 0 aliphatic rings. The fourth-order valence-electron chi connectivity index (χ4n) is 1.39. The zero-order valence-electron chi connectivity index (χ0n) is 9.69. The Bertz CT molecular complexity index is 379. The molecule has 5 heteroatoms. The molecule has 1 rings (SSSR count). The number of nitrogens with two attached hydrogens (primary N) is 1. The van der Waals surface area contributed by atoms with Crippen LogP contribution in [0.1, 0.15) is 0 Å². The molecule has 1 aromatic rings. The number of rotatable bonds is 5. The third-order valence-electron chi connectivity index (χ3n) is 2.20. The lowest BCUT2D eigenvalue weighted by atomic mass is 10.2. The molecule has 0 fully saturated rings. The lowest BCUT2D eigenvalue weighted by Crippen LogP contribution is -2.30. The molecule has 16 heavy (non-hydrogen) atoms. The molecule has 0 aliphatic heterocycles. The number of nitrogens with zero attached hydrogens (tertiary/aromatic N) is 1. The van der Waals surface area contributed by atoms with Gasteiger partial charge in [-0.3, -0.25) is 4.79 Å². The van der Waals surface area contributed by atoms with E-state index in [1.165, 1.54) is 0 Å². The minimum Gasteiger partial charge on any atom is -0.493 e. The molecular weight excluding hydrogens is 208 g/mol. The lowest BCUT2D eigenvalue weighted by molar-refractivity contribution is -0.116. The number of carbonyl (C=O) groups is 1. The molecule has 0 atom stereocenters. The second-order valence-corrected chi connectivity index (χ2v) is 3.36. The van der Waals surface area contributed by atoms with E-state index >= 15 is 0 Å². The molecule has 88 valence electrons. The predicted octanol–water partition coefficient (Wildman–Crippen LogP) is 0.625. The Hall–Kier alpha value is -1.91. The number of benzene rings is 1. The molecule has 0 aromatic heterocycles. The van der Waals surface area contributed by atoms with Crippen LogP contribution in [0.3, 0.4) is 0 Å². The highest BCUT2D eigenvalue weighted by Gasteiger charge is 2.08. The average Bonchev–Trinajstić information content (AvgIpc) is 2.27. The van der Waals surface area contributed by atoms with Crippen LogP contribution in [0.2, 0.25) is 0 Å². The van der Waals surface area contributed by atoms with Crippen molar-refractivity contribution >= 4 is 11.6 Å². The molecule has 0 saturated heterocycles. The first-order chi connectivity index (χ1) is 7.58. The third-order valence-corrected chi connectivity index (χ3v) is 2.20. The van der Waals surface area contributed by atoms with Crippen LogP contribution in [0.15, 0.2) is 18.2 Å². The molecule has 1 amide bonds. The Morgan fingerprint density at radius 1 is 1.31 bits per heavy atom. The summed E-state index contributed by atoms with van der Waals surface area (Å²) in [5, 5.41) is 0. The van der Waals surface area contributed by atoms with Crippen molar-refractivity contribution in [1.29, 1.82) is 0 Å². The van der Waals surface area contributed by atoms with Crippen molar-refractivity contribution in [3.8, 4) is 11.5 Å². The molecule has 0 saturated carbocycles. The molecule has 0 bridgehead atoms. The molecule has 0 heterocycles. The SMILES string of the molecule is COc1ccc(N(C)CC(N)=O)cc1OC. The molecule has 5 nitrogen and oxygen atoms in total. The van der Waals surface area contributed by atoms with Gasteiger partial charge in [-0.2, -0.15) is 0 Å². The van der Waals surface area contributed by atoms with Gasteiger partial charge in [0.2, 0.25) is 5.91 Å². The summed E-state index contributed by atoms with van der Waals surface area (Å²) in [6.45, 7) is 0.162. The molecule has 0 unspecified atom stereocenters. The summed E-state index contributed by atoms with van der Waals surface area (Å²) >= 11 is 0. The van der Waals surface area contributed by atoms with Crippen molar-refractivity contribution in [2.45, 2.75) is 0 Å². The quantitative estimate of drug-likeness (QED) is 0.796. The van der Waals surface area contributed by atoms with Crippen molar-refractivity contribution in [2.24, 2.45) is 5.73 Å². The second-order valence-electron chi connectivity index (χ2n) is 3.36. The monoisotopic (exact) mass is 224 g/mol. The molecule has 0 aliphatic carbocycles. The maximum atomic E-state index is 10.8. The van der Waals surface area contributed by atoms with E-state index in [2.05, 4.69) is 0 Å². The van der Waals surface area contributed by atoms with Crippen molar-refractivity contribution in [3.63, 3.8) is 0 Å². The van der Waals surface area contributed by atoms with Crippen molar-refractivity contribution in [3.05, 3.63) is 18.2 Å². The van der Waals surface area contributed by atoms with Crippen LogP contribution in [0.5, 0.6) is 11.5 Å². The van der Waals surface area contributed by atoms with Crippen LogP contribution in [0, 0.1) is 0 Å². The summed E-state index contributed by atoms with van der Waals surface area (Å²) < 4.78 is 10.3. The standard InChI is InChI=1S/C11H16N2O3/c1-13(7-11(12)14)8-4-5-9(15-2)10(6-8)16-3/h4-6H,7H2,1-3H3,(H2,12,14). The number of hydrogen-bond donors (Lipinski definition) is 1. The van der Waals surface area contributed by atoms with Gasteiger partial charge in [0.15, 0.2) is 11.5 Å². The molecule has 1 aromatic carbocycles. The third kappa shape index (κ3) is 2.79. The number of amides is 1. The van der Waals surface area contributed by atoms with Gasteiger partial charge in [0.05, 0.1) is 20.8 Å². The van der Waals surface area contributed by atoms with E-state index in [0.717, 1.165) is 5.69 Å². The second kappa shape index (κ2) is 5.25. The largest absolute Gasteiger partial charge is 0.493 e. The summed E-state index contributed by atoms with van der Waals surface area (Å²) in [4.78, 5) is 12.5. The predicted molar refractivity (Wildman–Crippen MR) is 62.0 cm³/mol. The van der Waals surface area contributed by atoms with Crippen LogP contribution in [0.25, 0.3) is 0 Å². The topological polar surface area (TPSA) is 64.8 Å². The van der Waals surface area contributed by atoms with Crippen LogP contribution < -0.4 is 20.1 Å². The first kappa shape index (κ1) is 12.2. The van der Waals surface area contributed by atoms with Crippen LogP contribution in [-0.2, 0) is 4.79 Å². The fraction of sp³-hybridized carbons (Fsp3) is 0.364. The number of primary amides is 1. The Morgan fingerprint density at radius 2 is 1.94 bits per heavy atom. The van der Waals surface area contributed by atoms with E-state index in [9.17, 15) is 4.79 Å². The maximum absolute atomic E-state index is 10.8. The number of hydrogen-bond acceptors (Lipinski definition) is 4. The van der Waals surface area contributed by atoms with E-state index < -0.39 is 0 Å². The lowest BCUT2D eigenvalue weighted by Gasteiger charge is -2.18. The normalized spacial score (nSPS) is 9.69. The molecule has 2 N–H and O–H groups in total. The average molecular weight is 224 g/mol. The smallest absolute Gasteiger partial charge is 0.236 e.